The van der Waals surface area contributed by atoms with Crippen LogP contribution in [0.15, 0.2) is 29.1 Å². The fourth-order valence-electron chi connectivity index (χ4n) is 5.49. The third-order valence-corrected chi connectivity index (χ3v) is 7.36. The number of pyridine rings is 1. The largest absolute Gasteiger partial charge is 0.322 e. The predicted octanol–water partition coefficient (Wildman–Crippen LogP) is 2.73. The van der Waals surface area contributed by atoms with Gasteiger partial charge in [0.05, 0.1) is 24.7 Å². The summed E-state index contributed by atoms with van der Waals surface area (Å²) in [4.78, 5) is 17.9. The van der Waals surface area contributed by atoms with Crippen molar-refractivity contribution in [1.82, 2.24) is 25.2 Å². The van der Waals surface area contributed by atoms with Crippen molar-refractivity contribution in [3.63, 3.8) is 0 Å². The number of benzene rings is 1. The Morgan fingerprint density at radius 2 is 1.87 bits per heavy atom. The van der Waals surface area contributed by atoms with Crippen LogP contribution in [0.4, 0.5) is 0 Å². The van der Waals surface area contributed by atoms with Crippen LogP contribution in [0, 0.1) is 12.8 Å². The number of hydrogen-bond donors (Lipinski definition) is 2. The normalized spacial score (nSPS) is 23.8. The van der Waals surface area contributed by atoms with Gasteiger partial charge < -0.3 is 9.88 Å². The van der Waals surface area contributed by atoms with Gasteiger partial charge in [0, 0.05) is 5.52 Å². The maximum atomic E-state index is 13.3. The fraction of sp³-hybridized carbons (Fsp3) is 0.583. The molecule has 1 atom stereocenters. The molecule has 2 aliphatic rings. The Hall–Kier alpha value is -2.54. The number of aryl methyl sites for hydroxylation is 1. The molecule has 2 N–H and O–H groups in total. The van der Waals surface area contributed by atoms with E-state index in [4.69, 9.17) is 0 Å². The maximum Gasteiger partial charge on any atom is 0.258 e. The van der Waals surface area contributed by atoms with Crippen molar-refractivity contribution in [2.45, 2.75) is 70.9 Å². The second-order valence-electron chi connectivity index (χ2n) is 9.69. The summed E-state index contributed by atoms with van der Waals surface area (Å²) < 4.78 is 2.05. The number of aromatic nitrogens is 5. The van der Waals surface area contributed by atoms with E-state index in [2.05, 4.69) is 45.6 Å². The molecular formula is C24H33N6O+. The Morgan fingerprint density at radius 1 is 1.10 bits per heavy atom. The summed E-state index contributed by atoms with van der Waals surface area (Å²) in [5.41, 5.74) is 2.80. The second-order valence-corrected chi connectivity index (χ2v) is 9.69. The summed E-state index contributed by atoms with van der Waals surface area (Å²) in [7, 11) is 0. The molecule has 2 aromatic heterocycles. The van der Waals surface area contributed by atoms with Gasteiger partial charge in [-0.2, -0.15) is 0 Å². The fourth-order valence-corrected chi connectivity index (χ4v) is 5.49. The Kier molecular flexibility index (Phi) is 5.61. The molecule has 2 fully saturated rings. The number of fused-ring (bicyclic) bond motifs is 1. The first-order valence-electron chi connectivity index (χ1n) is 11.9. The molecule has 31 heavy (non-hydrogen) atoms. The molecular weight excluding hydrogens is 388 g/mol. The number of quaternary nitrogens is 1. The van der Waals surface area contributed by atoms with E-state index < -0.39 is 0 Å². The van der Waals surface area contributed by atoms with Crippen molar-refractivity contribution >= 4 is 10.9 Å². The SMILES string of the molecule is Cc1ccc2cc([C@@H](c3nnnn3C3CCCCC3)[NH+]3CCC(C)CC3)c(=O)[nH]c2c1. The van der Waals surface area contributed by atoms with Crippen molar-refractivity contribution in [2.24, 2.45) is 5.92 Å². The summed E-state index contributed by atoms with van der Waals surface area (Å²) >= 11 is 0. The van der Waals surface area contributed by atoms with Gasteiger partial charge in [0.15, 0.2) is 6.04 Å². The van der Waals surface area contributed by atoms with Gasteiger partial charge in [0.25, 0.3) is 5.56 Å². The van der Waals surface area contributed by atoms with Crippen LogP contribution in [0.1, 0.15) is 80.9 Å². The second kappa shape index (κ2) is 8.54. The van der Waals surface area contributed by atoms with E-state index in [1.165, 1.54) is 37.0 Å². The minimum absolute atomic E-state index is 0.0209. The first kappa shape index (κ1) is 20.4. The number of rotatable bonds is 4. The highest BCUT2D eigenvalue weighted by Crippen LogP contribution is 2.30. The minimum atomic E-state index is -0.140. The third-order valence-electron chi connectivity index (χ3n) is 7.36. The monoisotopic (exact) mass is 421 g/mol. The van der Waals surface area contributed by atoms with Crippen LogP contribution < -0.4 is 10.5 Å². The molecule has 7 heteroatoms. The molecule has 0 unspecified atom stereocenters. The van der Waals surface area contributed by atoms with Gasteiger partial charge in [-0.25, -0.2) is 4.68 Å². The highest BCUT2D eigenvalue weighted by atomic mass is 16.1. The number of nitrogens with one attached hydrogen (secondary N) is 2. The van der Waals surface area contributed by atoms with Crippen molar-refractivity contribution in [1.29, 1.82) is 0 Å². The third kappa shape index (κ3) is 4.03. The lowest BCUT2D eigenvalue weighted by Gasteiger charge is -2.34. The quantitative estimate of drug-likeness (QED) is 0.679. The summed E-state index contributed by atoms with van der Waals surface area (Å²) in [6.07, 6.45) is 8.30. The molecule has 7 nitrogen and oxygen atoms in total. The lowest BCUT2D eigenvalue weighted by atomic mass is 9.93. The zero-order valence-electron chi connectivity index (χ0n) is 18.6. The predicted molar refractivity (Wildman–Crippen MR) is 120 cm³/mol. The van der Waals surface area contributed by atoms with Crippen LogP contribution in [0.2, 0.25) is 0 Å². The van der Waals surface area contributed by atoms with Crippen LogP contribution in [0.5, 0.6) is 0 Å². The number of piperidine rings is 1. The van der Waals surface area contributed by atoms with Gasteiger partial charge in [0.1, 0.15) is 0 Å². The smallest absolute Gasteiger partial charge is 0.258 e. The van der Waals surface area contributed by atoms with E-state index in [-0.39, 0.29) is 11.6 Å². The molecule has 1 aliphatic heterocycles. The van der Waals surface area contributed by atoms with Gasteiger partial charge >= 0.3 is 0 Å². The Morgan fingerprint density at radius 3 is 2.65 bits per heavy atom. The molecule has 1 aromatic carbocycles. The molecule has 0 bridgehead atoms. The Balaban J connectivity index is 1.62. The number of hydrogen-bond acceptors (Lipinski definition) is 4. The average molecular weight is 422 g/mol. The summed E-state index contributed by atoms with van der Waals surface area (Å²) in [6.45, 7) is 6.44. The standard InChI is InChI=1S/C24H32N6O/c1-16-10-12-29(13-11-16)22(23-26-27-28-30(23)19-6-4-3-5-7-19)20-15-18-9-8-17(2)14-21(18)25-24(20)31/h8-9,14-16,19,22H,3-7,10-13H2,1-2H3,(H,25,31)/p+1/t22-/m0/s1. The number of tetrazole rings is 1. The van der Waals surface area contributed by atoms with Crippen LogP contribution in [-0.4, -0.2) is 38.3 Å². The average Bonchev–Trinajstić information content (AvgIpc) is 3.26. The lowest BCUT2D eigenvalue weighted by Crippen LogP contribution is -3.13. The molecule has 3 heterocycles. The Bertz CT molecular complexity index is 1100. The molecule has 0 radical (unpaired) electrons. The van der Waals surface area contributed by atoms with E-state index in [1.54, 1.807) is 0 Å². The van der Waals surface area contributed by atoms with Gasteiger partial charge in [0.2, 0.25) is 5.82 Å². The molecule has 1 saturated carbocycles. The highest BCUT2D eigenvalue weighted by Gasteiger charge is 2.37. The van der Waals surface area contributed by atoms with Crippen LogP contribution in [0.25, 0.3) is 10.9 Å². The van der Waals surface area contributed by atoms with Crippen molar-refractivity contribution in [3.05, 3.63) is 51.6 Å². The molecule has 0 spiro atoms. The molecule has 3 aromatic rings. The topological polar surface area (TPSA) is 80.9 Å². The van der Waals surface area contributed by atoms with Crippen LogP contribution >= 0.6 is 0 Å². The van der Waals surface area contributed by atoms with Crippen LogP contribution in [-0.2, 0) is 0 Å². The lowest BCUT2D eigenvalue weighted by molar-refractivity contribution is -0.932. The summed E-state index contributed by atoms with van der Waals surface area (Å²) in [5.74, 6) is 1.59. The van der Waals surface area contributed by atoms with Gasteiger partial charge in [-0.1, -0.05) is 38.3 Å². The van der Waals surface area contributed by atoms with E-state index in [9.17, 15) is 4.79 Å². The van der Waals surface area contributed by atoms with Crippen molar-refractivity contribution < 1.29 is 4.90 Å². The number of likely N-dealkylation sites (tertiary alicyclic amines) is 1. The van der Waals surface area contributed by atoms with Crippen molar-refractivity contribution in [2.75, 3.05) is 13.1 Å². The number of aromatic amines is 1. The van der Waals surface area contributed by atoms with E-state index in [0.717, 1.165) is 59.7 Å². The number of nitrogens with zero attached hydrogens (tertiary/aromatic N) is 4. The number of H-pyrrole nitrogens is 1. The minimum Gasteiger partial charge on any atom is -0.322 e. The molecule has 0 amide bonds. The van der Waals surface area contributed by atoms with Gasteiger partial charge in [-0.3, -0.25) is 4.79 Å². The molecule has 5 rings (SSSR count). The zero-order valence-corrected chi connectivity index (χ0v) is 18.6. The molecule has 164 valence electrons. The van der Waals surface area contributed by atoms with Crippen LogP contribution in [0.3, 0.4) is 0 Å². The first-order valence-corrected chi connectivity index (χ1v) is 11.9. The van der Waals surface area contributed by atoms with Crippen molar-refractivity contribution in [3.8, 4) is 0 Å². The maximum absolute atomic E-state index is 13.3. The first-order chi connectivity index (χ1) is 15.1. The molecule has 1 aliphatic carbocycles. The highest BCUT2D eigenvalue weighted by molar-refractivity contribution is 5.79. The summed E-state index contributed by atoms with van der Waals surface area (Å²) in [6, 6.07) is 8.51. The summed E-state index contributed by atoms with van der Waals surface area (Å²) in [5, 5.41) is 14.1. The van der Waals surface area contributed by atoms with E-state index in [0.29, 0.717) is 6.04 Å². The molecule has 1 saturated heterocycles. The van der Waals surface area contributed by atoms with E-state index in [1.807, 2.05) is 17.7 Å². The Labute approximate surface area is 182 Å². The van der Waals surface area contributed by atoms with Gasteiger partial charge in [-0.15, -0.1) is 5.10 Å². The zero-order chi connectivity index (χ0) is 21.4. The van der Waals surface area contributed by atoms with Gasteiger partial charge in [-0.05, 0) is 72.0 Å². The van der Waals surface area contributed by atoms with E-state index >= 15 is 0 Å².